The smallest absolute Gasteiger partial charge is 0.0823 e. The Labute approximate surface area is 68.2 Å². The molecule has 2 N–H and O–H groups in total. The molecule has 0 saturated heterocycles. The van der Waals surface area contributed by atoms with E-state index in [1.165, 1.54) is 6.92 Å². The Morgan fingerprint density at radius 1 is 1.18 bits per heavy atom. The highest BCUT2D eigenvalue weighted by Crippen LogP contribution is 2.17. The van der Waals surface area contributed by atoms with Gasteiger partial charge in [-0.25, -0.2) is 4.21 Å². The standard InChI is InChI=1S/C7H18O3S/c1-3-5-6-7-11(8,9,10)4-2/h3-7H2,1-2H3,(H2,8,9,10). The maximum atomic E-state index is 11.1. The van der Waals surface area contributed by atoms with Crippen LogP contribution in [0.2, 0.25) is 0 Å². The Hall–Kier alpha value is 0.0700. The zero-order valence-corrected chi connectivity index (χ0v) is 8.06. The monoisotopic (exact) mass is 182 g/mol. The van der Waals surface area contributed by atoms with Gasteiger partial charge in [0, 0.05) is 11.5 Å². The molecule has 0 heterocycles. The maximum absolute atomic E-state index is 11.1. The summed E-state index contributed by atoms with van der Waals surface area (Å²) in [6, 6.07) is 0. The highest BCUT2D eigenvalue weighted by atomic mass is 32.3. The first kappa shape index (κ1) is 11.1. The van der Waals surface area contributed by atoms with Gasteiger partial charge in [-0.05, 0) is 6.42 Å². The van der Waals surface area contributed by atoms with E-state index < -0.39 is 9.63 Å². The topological polar surface area (TPSA) is 57.5 Å². The van der Waals surface area contributed by atoms with Crippen molar-refractivity contribution in [2.45, 2.75) is 33.1 Å². The lowest BCUT2D eigenvalue weighted by Crippen LogP contribution is -2.37. The normalized spacial score (nSPS) is 15.8. The van der Waals surface area contributed by atoms with Gasteiger partial charge in [-0.15, -0.1) is 0 Å². The average molecular weight is 182 g/mol. The molecule has 0 bridgehead atoms. The Morgan fingerprint density at radius 3 is 2.09 bits per heavy atom. The largest absolute Gasteiger partial charge is 0.308 e. The molecule has 0 atom stereocenters. The van der Waals surface area contributed by atoms with E-state index in [1.54, 1.807) is 0 Å². The van der Waals surface area contributed by atoms with Crippen LogP contribution < -0.4 is 0 Å². The van der Waals surface area contributed by atoms with Crippen LogP contribution in [0.15, 0.2) is 0 Å². The van der Waals surface area contributed by atoms with Crippen molar-refractivity contribution in [2.24, 2.45) is 0 Å². The van der Waals surface area contributed by atoms with Gasteiger partial charge in [-0.3, -0.25) is 0 Å². The second kappa shape index (κ2) is 3.65. The van der Waals surface area contributed by atoms with Crippen molar-refractivity contribution in [2.75, 3.05) is 11.5 Å². The predicted molar refractivity (Wildman–Crippen MR) is 48.3 cm³/mol. The highest BCUT2D eigenvalue weighted by Gasteiger charge is 2.25. The molecule has 0 unspecified atom stereocenters. The number of unbranched alkanes of at least 4 members (excludes halogenated alkanes) is 2. The third-order valence-corrected chi connectivity index (χ3v) is 4.01. The summed E-state index contributed by atoms with van der Waals surface area (Å²) in [5.41, 5.74) is 0. The van der Waals surface area contributed by atoms with Gasteiger partial charge in [0.15, 0.2) is 0 Å². The molecule has 70 valence electrons. The molecule has 0 aliphatic heterocycles. The van der Waals surface area contributed by atoms with E-state index in [2.05, 4.69) is 0 Å². The predicted octanol–water partition coefficient (Wildman–Crippen LogP) is 1.96. The molecule has 0 amide bonds. The molecular formula is C7H18O3S. The third-order valence-electron chi connectivity index (χ3n) is 1.74. The van der Waals surface area contributed by atoms with Crippen LogP contribution >= 0.6 is 0 Å². The van der Waals surface area contributed by atoms with Crippen LogP contribution in [0.3, 0.4) is 0 Å². The Morgan fingerprint density at radius 2 is 1.73 bits per heavy atom. The summed E-state index contributed by atoms with van der Waals surface area (Å²) in [6.45, 7) is 3.54. The lowest BCUT2D eigenvalue weighted by molar-refractivity contribution is 0.389. The van der Waals surface area contributed by atoms with Crippen molar-refractivity contribution < 1.29 is 13.3 Å². The number of hydrogen-bond donors (Lipinski definition) is 2. The summed E-state index contributed by atoms with van der Waals surface area (Å²) < 4.78 is 29.4. The van der Waals surface area contributed by atoms with E-state index in [9.17, 15) is 4.21 Å². The van der Waals surface area contributed by atoms with Crippen LogP contribution in [0.1, 0.15) is 33.1 Å². The van der Waals surface area contributed by atoms with Crippen LogP contribution in [0.25, 0.3) is 0 Å². The second-order valence-corrected chi connectivity index (χ2v) is 6.25. The first-order valence-electron chi connectivity index (χ1n) is 4.02. The van der Waals surface area contributed by atoms with E-state index in [0.29, 0.717) is 6.42 Å². The number of rotatable bonds is 5. The molecule has 0 rings (SSSR count). The maximum Gasteiger partial charge on any atom is 0.0823 e. The van der Waals surface area contributed by atoms with Crippen molar-refractivity contribution in [3.05, 3.63) is 0 Å². The molecule has 0 aromatic heterocycles. The molecule has 0 aliphatic carbocycles. The van der Waals surface area contributed by atoms with Gasteiger partial charge >= 0.3 is 0 Å². The van der Waals surface area contributed by atoms with Crippen LogP contribution in [-0.4, -0.2) is 24.8 Å². The Balaban J connectivity index is 3.83. The summed E-state index contributed by atoms with van der Waals surface area (Å²) in [6.07, 6.45) is 2.52. The lowest BCUT2D eigenvalue weighted by Gasteiger charge is -2.28. The van der Waals surface area contributed by atoms with Gasteiger partial charge in [0.05, 0.1) is 9.63 Å². The van der Waals surface area contributed by atoms with Gasteiger partial charge in [-0.1, -0.05) is 26.7 Å². The average Bonchev–Trinajstić information content (AvgIpc) is 1.88. The lowest BCUT2D eigenvalue weighted by atomic mass is 10.3. The van der Waals surface area contributed by atoms with Gasteiger partial charge in [0.1, 0.15) is 0 Å². The molecule has 4 heteroatoms. The minimum atomic E-state index is -4.19. The molecule has 0 saturated carbocycles. The molecule has 0 aromatic carbocycles. The minimum absolute atomic E-state index is 0.0293. The van der Waals surface area contributed by atoms with Crippen molar-refractivity contribution in [3.63, 3.8) is 0 Å². The fraction of sp³-hybridized carbons (Fsp3) is 1.00. The van der Waals surface area contributed by atoms with Gasteiger partial charge < -0.3 is 9.11 Å². The second-order valence-electron chi connectivity index (χ2n) is 2.89. The van der Waals surface area contributed by atoms with Gasteiger partial charge in [0.25, 0.3) is 0 Å². The molecule has 0 fully saturated rings. The molecule has 0 aromatic rings. The van der Waals surface area contributed by atoms with E-state index >= 15 is 0 Å². The molecule has 3 nitrogen and oxygen atoms in total. The number of hydrogen-bond acceptors (Lipinski definition) is 1. The summed E-state index contributed by atoms with van der Waals surface area (Å²) in [5.74, 6) is -0.0253. The summed E-state index contributed by atoms with van der Waals surface area (Å²) in [7, 11) is -4.19. The van der Waals surface area contributed by atoms with Gasteiger partial charge in [0.2, 0.25) is 0 Å². The van der Waals surface area contributed by atoms with Gasteiger partial charge in [-0.2, -0.15) is 0 Å². The quantitative estimate of drug-likeness (QED) is 0.639. The Kier molecular flexibility index (Phi) is 3.67. The van der Waals surface area contributed by atoms with Crippen molar-refractivity contribution in [3.8, 4) is 0 Å². The molecule has 0 aliphatic rings. The van der Waals surface area contributed by atoms with E-state index in [1.807, 2.05) is 6.92 Å². The first-order chi connectivity index (χ1) is 4.89. The third kappa shape index (κ3) is 5.35. The summed E-state index contributed by atoms with van der Waals surface area (Å²) in [4.78, 5) is 0. The summed E-state index contributed by atoms with van der Waals surface area (Å²) in [5, 5.41) is 0. The molecule has 11 heavy (non-hydrogen) atoms. The summed E-state index contributed by atoms with van der Waals surface area (Å²) >= 11 is 0. The van der Waals surface area contributed by atoms with E-state index in [0.717, 1.165) is 12.8 Å². The fourth-order valence-corrected chi connectivity index (χ4v) is 1.86. The zero-order chi connectivity index (χ0) is 8.98. The van der Waals surface area contributed by atoms with Crippen molar-refractivity contribution in [1.82, 2.24) is 0 Å². The van der Waals surface area contributed by atoms with Crippen LogP contribution in [-0.2, 0) is 9.63 Å². The van der Waals surface area contributed by atoms with Crippen LogP contribution in [0, 0.1) is 0 Å². The first-order valence-corrected chi connectivity index (χ1v) is 6.24. The SMILES string of the molecule is CCCCCS(=O)(O)(O)CC. The highest BCUT2D eigenvalue weighted by molar-refractivity contribution is 8.10. The van der Waals surface area contributed by atoms with Crippen molar-refractivity contribution >= 4 is 9.63 Å². The fourth-order valence-electron chi connectivity index (χ4n) is 0.786. The minimum Gasteiger partial charge on any atom is -0.308 e. The van der Waals surface area contributed by atoms with E-state index in [-0.39, 0.29) is 11.5 Å². The van der Waals surface area contributed by atoms with Crippen molar-refractivity contribution in [1.29, 1.82) is 0 Å². The van der Waals surface area contributed by atoms with E-state index in [4.69, 9.17) is 9.11 Å². The van der Waals surface area contributed by atoms with Crippen LogP contribution in [0.4, 0.5) is 0 Å². The molecular weight excluding hydrogens is 164 g/mol. The zero-order valence-electron chi connectivity index (χ0n) is 7.25. The van der Waals surface area contributed by atoms with Crippen LogP contribution in [0.5, 0.6) is 0 Å². The molecule has 0 spiro atoms. The molecule has 0 radical (unpaired) electrons. The Bertz CT molecular complexity index is 171.